The molecule has 1 heterocycles. The number of fused-ring (bicyclic) bond motifs is 1. The van der Waals surface area contributed by atoms with Gasteiger partial charge in [-0.2, -0.15) is 15.8 Å². The summed E-state index contributed by atoms with van der Waals surface area (Å²) in [6.07, 6.45) is 1.26. The Labute approximate surface area is 175 Å². The molecule has 0 spiro atoms. The van der Waals surface area contributed by atoms with Crippen molar-refractivity contribution in [1.29, 1.82) is 21.2 Å². The Balaban J connectivity index is 2.17. The summed E-state index contributed by atoms with van der Waals surface area (Å²) in [4.78, 5) is 13.8. The summed E-state index contributed by atoms with van der Waals surface area (Å²) in [5.41, 5.74) is -0.705. The van der Waals surface area contributed by atoms with Crippen LogP contribution in [0, 0.1) is 56.7 Å². The second-order valence-corrected chi connectivity index (χ2v) is 7.17. The Morgan fingerprint density at radius 3 is 2.47 bits per heavy atom. The van der Waals surface area contributed by atoms with E-state index in [1.807, 2.05) is 12.1 Å². The molecule has 3 rings (SSSR count). The molecule has 1 aromatic rings. The zero-order valence-electron chi connectivity index (χ0n) is 16.8. The standard InChI is InChI=1S/C22H21N5O3/c1-3-30-21(28)27-9-8-16-17(10-23)20(26)22(12-24,13-25)19(18(16)11-27)14-4-6-15(29-2)7-5-14/h4-8,17-19,26H,3,9,11H2,1-2H3/t17?,18-,19+/m1/s1. The number of benzene rings is 1. The summed E-state index contributed by atoms with van der Waals surface area (Å²) in [5, 5.41) is 38.4. The van der Waals surface area contributed by atoms with E-state index in [4.69, 9.17) is 14.9 Å². The van der Waals surface area contributed by atoms with Gasteiger partial charge in [-0.1, -0.05) is 18.2 Å². The van der Waals surface area contributed by atoms with Crippen molar-refractivity contribution in [2.24, 2.45) is 17.3 Å². The number of amides is 1. The summed E-state index contributed by atoms with van der Waals surface area (Å²) >= 11 is 0. The first-order chi connectivity index (χ1) is 14.5. The maximum absolute atomic E-state index is 12.3. The van der Waals surface area contributed by atoms with Gasteiger partial charge in [0.15, 0.2) is 5.41 Å². The average molecular weight is 403 g/mol. The van der Waals surface area contributed by atoms with E-state index in [2.05, 4.69) is 6.07 Å². The topological polar surface area (TPSA) is 134 Å². The van der Waals surface area contributed by atoms with Crippen LogP contribution in [-0.4, -0.2) is 43.5 Å². The fourth-order valence-electron chi connectivity index (χ4n) is 4.36. The van der Waals surface area contributed by atoms with Gasteiger partial charge in [-0.25, -0.2) is 4.79 Å². The number of carbonyl (C=O) groups excluding carboxylic acids is 1. The Morgan fingerprint density at radius 1 is 1.27 bits per heavy atom. The van der Waals surface area contributed by atoms with Crippen LogP contribution in [0.3, 0.4) is 0 Å². The monoisotopic (exact) mass is 403 g/mol. The quantitative estimate of drug-likeness (QED) is 0.771. The predicted octanol–water partition coefficient (Wildman–Crippen LogP) is 3.00. The van der Waals surface area contributed by atoms with Crippen molar-refractivity contribution in [2.45, 2.75) is 12.8 Å². The molecule has 8 nitrogen and oxygen atoms in total. The van der Waals surface area contributed by atoms with Crippen molar-refractivity contribution in [1.82, 2.24) is 4.90 Å². The molecule has 1 unspecified atom stereocenters. The lowest BCUT2D eigenvalue weighted by Gasteiger charge is -2.47. The van der Waals surface area contributed by atoms with Gasteiger partial charge in [0.25, 0.3) is 0 Å². The summed E-state index contributed by atoms with van der Waals surface area (Å²) in [6, 6.07) is 13.1. The van der Waals surface area contributed by atoms with Crippen LogP contribution in [0.1, 0.15) is 18.4 Å². The van der Waals surface area contributed by atoms with Crippen molar-refractivity contribution in [3.63, 3.8) is 0 Å². The minimum absolute atomic E-state index is 0.192. The highest BCUT2D eigenvalue weighted by Crippen LogP contribution is 2.53. The predicted molar refractivity (Wildman–Crippen MR) is 106 cm³/mol. The number of carbonyl (C=O) groups is 1. The molecular formula is C22H21N5O3. The lowest BCUT2D eigenvalue weighted by atomic mass is 9.54. The highest BCUT2D eigenvalue weighted by atomic mass is 16.6. The molecule has 3 atom stereocenters. The molecule has 0 radical (unpaired) electrons. The van der Waals surface area contributed by atoms with E-state index in [-0.39, 0.29) is 25.4 Å². The third-order valence-electron chi connectivity index (χ3n) is 5.79. The minimum atomic E-state index is -1.82. The molecule has 1 saturated carbocycles. The minimum Gasteiger partial charge on any atom is -0.497 e. The van der Waals surface area contributed by atoms with E-state index in [1.165, 1.54) is 12.0 Å². The second-order valence-electron chi connectivity index (χ2n) is 7.17. The Hall–Kier alpha value is -3.83. The number of nitrogens with zero attached hydrogens (tertiary/aromatic N) is 4. The van der Waals surface area contributed by atoms with E-state index in [0.717, 1.165) is 0 Å². The molecule has 0 bridgehead atoms. The zero-order valence-corrected chi connectivity index (χ0v) is 16.8. The van der Waals surface area contributed by atoms with Crippen LogP contribution in [0.25, 0.3) is 0 Å². The van der Waals surface area contributed by atoms with Gasteiger partial charge in [0.2, 0.25) is 0 Å². The van der Waals surface area contributed by atoms with Crippen molar-refractivity contribution in [3.8, 4) is 24.0 Å². The number of nitrogens with one attached hydrogen (secondary N) is 1. The first-order valence-electron chi connectivity index (χ1n) is 9.54. The molecule has 1 aliphatic heterocycles. The van der Waals surface area contributed by atoms with Gasteiger partial charge in [-0.15, -0.1) is 0 Å². The first kappa shape index (κ1) is 20.9. The highest BCUT2D eigenvalue weighted by molar-refractivity contribution is 6.01. The molecule has 1 aromatic carbocycles. The van der Waals surface area contributed by atoms with E-state index in [1.54, 1.807) is 37.3 Å². The Morgan fingerprint density at radius 2 is 1.93 bits per heavy atom. The molecule has 2 aliphatic rings. The van der Waals surface area contributed by atoms with E-state index in [0.29, 0.717) is 16.9 Å². The third kappa shape index (κ3) is 3.15. The molecular weight excluding hydrogens is 382 g/mol. The summed E-state index contributed by atoms with van der Waals surface area (Å²) in [5.74, 6) is -1.56. The largest absolute Gasteiger partial charge is 0.497 e. The highest BCUT2D eigenvalue weighted by Gasteiger charge is 2.58. The van der Waals surface area contributed by atoms with E-state index >= 15 is 0 Å². The SMILES string of the molecule is CCOC(=O)N1CC=C2C(C#N)C(=N)C(C#N)(C#N)[C@@H](c3ccc(OC)cc3)[C@@H]2C1. The van der Waals surface area contributed by atoms with Crippen LogP contribution >= 0.6 is 0 Å². The summed E-state index contributed by atoms with van der Waals surface area (Å²) in [7, 11) is 1.54. The van der Waals surface area contributed by atoms with Gasteiger partial charge >= 0.3 is 6.09 Å². The van der Waals surface area contributed by atoms with Crippen molar-refractivity contribution < 1.29 is 14.3 Å². The van der Waals surface area contributed by atoms with Crippen LogP contribution in [-0.2, 0) is 4.74 Å². The van der Waals surface area contributed by atoms with Gasteiger partial charge < -0.3 is 19.8 Å². The van der Waals surface area contributed by atoms with Gasteiger partial charge in [-0.3, -0.25) is 0 Å². The van der Waals surface area contributed by atoms with Crippen LogP contribution in [0.15, 0.2) is 35.9 Å². The molecule has 1 aliphatic carbocycles. The fraction of sp³-hybridized carbons (Fsp3) is 0.409. The molecule has 1 amide bonds. The number of rotatable bonds is 3. The van der Waals surface area contributed by atoms with Gasteiger partial charge in [0.05, 0.1) is 37.6 Å². The van der Waals surface area contributed by atoms with Gasteiger partial charge in [0.1, 0.15) is 11.7 Å². The van der Waals surface area contributed by atoms with Gasteiger partial charge in [0, 0.05) is 24.9 Å². The first-order valence-corrected chi connectivity index (χ1v) is 9.54. The average Bonchev–Trinajstić information content (AvgIpc) is 2.78. The van der Waals surface area contributed by atoms with Gasteiger partial charge in [-0.05, 0) is 30.2 Å². The number of ether oxygens (including phenoxy) is 2. The maximum Gasteiger partial charge on any atom is 0.410 e. The van der Waals surface area contributed by atoms with Crippen LogP contribution in [0.4, 0.5) is 4.79 Å². The van der Waals surface area contributed by atoms with E-state index < -0.39 is 29.3 Å². The third-order valence-corrected chi connectivity index (χ3v) is 5.79. The maximum atomic E-state index is 12.3. The smallest absolute Gasteiger partial charge is 0.410 e. The second kappa shape index (κ2) is 8.27. The van der Waals surface area contributed by atoms with E-state index in [9.17, 15) is 20.6 Å². The van der Waals surface area contributed by atoms with Crippen molar-refractivity contribution in [3.05, 3.63) is 41.5 Å². The van der Waals surface area contributed by atoms with Crippen molar-refractivity contribution >= 4 is 11.8 Å². The summed E-state index contributed by atoms with van der Waals surface area (Å²) < 4.78 is 10.3. The number of hydrogen-bond donors (Lipinski definition) is 1. The number of hydrogen-bond acceptors (Lipinski definition) is 7. The van der Waals surface area contributed by atoms with Crippen molar-refractivity contribution in [2.75, 3.05) is 26.8 Å². The molecule has 0 aromatic heterocycles. The zero-order chi connectivity index (χ0) is 21.9. The molecule has 1 N–H and O–H groups in total. The molecule has 0 saturated heterocycles. The van der Waals surface area contributed by atoms with Crippen LogP contribution in [0.5, 0.6) is 5.75 Å². The summed E-state index contributed by atoms with van der Waals surface area (Å²) in [6.45, 7) is 2.38. The molecule has 8 heteroatoms. The van der Waals surface area contributed by atoms with Crippen LogP contribution in [0.2, 0.25) is 0 Å². The Kier molecular flexibility index (Phi) is 5.76. The fourth-order valence-corrected chi connectivity index (χ4v) is 4.36. The lowest BCUT2D eigenvalue weighted by Crippen LogP contribution is -2.53. The Bertz CT molecular complexity index is 995. The number of nitriles is 3. The molecule has 1 fully saturated rings. The number of methoxy groups -OCH3 is 1. The normalized spacial score (nSPS) is 24.4. The molecule has 152 valence electrons. The lowest BCUT2D eigenvalue weighted by molar-refractivity contribution is 0.0992. The van der Waals surface area contributed by atoms with Crippen LogP contribution < -0.4 is 4.74 Å². The molecule has 30 heavy (non-hydrogen) atoms.